The number of nitrogens with zero attached hydrogens (tertiary/aromatic N) is 3. The summed E-state index contributed by atoms with van der Waals surface area (Å²) in [4.78, 5) is 4.19. The van der Waals surface area contributed by atoms with Crippen LogP contribution in [-0.2, 0) is 6.54 Å². The van der Waals surface area contributed by atoms with E-state index in [0.29, 0.717) is 32.8 Å². The van der Waals surface area contributed by atoms with E-state index in [-0.39, 0.29) is 12.3 Å². The lowest BCUT2D eigenvalue weighted by molar-refractivity contribution is 0.435. The summed E-state index contributed by atoms with van der Waals surface area (Å²) in [7, 11) is 0. The summed E-state index contributed by atoms with van der Waals surface area (Å²) in [6.07, 6.45) is 1.67. The van der Waals surface area contributed by atoms with Crippen LogP contribution in [0.3, 0.4) is 0 Å². The molecule has 29 heavy (non-hydrogen) atoms. The van der Waals surface area contributed by atoms with E-state index < -0.39 is 5.82 Å². The number of aromatic amines is 1. The summed E-state index contributed by atoms with van der Waals surface area (Å²) in [6.45, 7) is 2.06. The second-order valence-electron chi connectivity index (χ2n) is 6.42. The summed E-state index contributed by atoms with van der Waals surface area (Å²) < 4.78 is 21.4. The minimum absolute atomic E-state index is 0.0624. The number of nitriles is 1. The molecule has 0 amide bonds. The number of anilines is 1. The van der Waals surface area contributed by atoms with Crippen LogP contribution < -0.4 is 10.1 Å². The molecule has 6 nitrogen and oxygen atoms in total. The lowest BCUT2D eigenvalue weighted by atomic mass is 10.1. The fraction of sp³-hybridized carbons (Fsp3) is 0.0952. The van der Waals surface area contributed by atoms with E-state index in [1.165, 1.54) is 0 Å². The maximum Gasteiger partial charge on any atom is 0.177 e. The molecule has 0 atom stereocenters. The van der Waals surface area contributed by atoms with E-state index in [1.54, 1.807) is 36.5 Å². The van der Waals surface area contributed by atoms with Crippen LogP contribution in [0.25, 0.3) is 11.0 Å². The number of rotatable bonds is 5. The number of hydrogen-bond acceptors (Lipinski definition) is 5. The van der Waals surface area contributed by atoms with Crippen LogP contribution in [-0.4, -0.2) is 15.2 Å². The van der Waals surface area contributed by atoms with Gasteiger partial charge in [0.2, 0.25) is 0 Å². The SMILES string of the molecule is Cc1cc(C#N)cc(Oc2c(Br)ccc(CNc3n[nH]c4ncccc34)c2F)c1. The van der Waals surface area contributed by atoms with E-state index >= 15 is 4.39 Å². The molecule has 4 aromatic rings. The van der Waals surface area contributed by atoms with Crippen LogP contribution in [0.1, 0.15) is 16.7 Å². The Balaban J connectivity index is 1.60. The summed E-state index contributed by atoms with van der Waals surface area (Å²) in [5.41, 5.74) is 2.38. The molecule has 2 aromatic carbocycles. The van der Waals surface area contributed by atoms with Gasteiger partial charge in [-0.05, 0) is 64.8 Å². The first kappa shape index (κ1) is 18.9. The fourth-order valence-electron chi connectivity index (χ4n) is 2.96. The number of ether oxygens (including phenoxy) is 1. The molecule has 0 aliphatic rings. The van der Waals surface area contributed by atoms with Gasteiger partial charge in [0.05, 0.1) is 21.5 Å². The third-order valence-corrected chi connectivity index (χ3v) is 4.94. The van der Waals surface area contributed by atoms with Gasteiger partial charge in [-0.15, -0.1) is 0 Å². The number of aryl methyl sites for hydroxylation is 1. The van der Waals surface area contributed by atoms with Crippen molar-refractivity contribution >= 4 is 32.8 Å². The molecular weight excluding hydrogens is 437 g/mol. The van der Waals surface area contributed by atoms with Crippen molar-refractivity contribution < 1.29 is 9.13 Å². The van der Waals surface area contributed by atoms with Crippen molar-refractivity contribution in [2.24, 2.45) is 0 Å². The molecule has 0 fully saturated rings. The molecule has 2 aromatic heterocycles. The van der Waals surface area contributed by atoms with E-state index in [4.69, 9.17) is 10.00 Å². The second kappa shape index (κ2) is 7.89. The fourth-order valence-corrected chi connectivity index (χ4v) is 3.35. The van der Waals surface area contributed by atoms with Gasteiger partial charge in [0.25, 0.3) is 0 Å². The zero-order valence-electron chi connectivity index (χ0n) is 15.3. The highest BCUT2D eigenvalue weighted by Gasteiger charge is 2.16. The molecule has 0 radical (unpaired) electrons. The van der Waals surface area contributed by atoms with Crippen LogP contribution in [0, 0.1) is 24.1 Å². The van der Waals surface area contributed by atoms with Crippen molar-refractivity contribution in [1.29, 1.82) is 5.26 Å². The Morgan fingerprint density at radius 2 is 2.14 bits per heavy atom. The van der Waals surface area contributed by atoms with Crippen molar-refractivity contribution in [1.82, 2.24) is 15.2 Å². The number of pyridine rings is 1. The van der Waals surface area contributed by atoms with Gasteiger partial charge < -0.3 is 10.1 Å². The maximum absolute atomic E-state index is 15.1. The summed E-state index contributed by atoms with van der Waals surface area (Å²) in [5.74, 6) is 0.558. The molecule has 2 N–H and O–H groups in total. The van der Waals surface area contributed by atoms with Crippen molar-refractivity contribution in [2.45, 2.75) is 13.5 Å². The van der Waals surface area contributed by atoms with Gasteiger partial charge in [-0.3, -0.25) is 5.10 Å². The Hall–Kier alpha value is -3.44. The highest BCUT2D eigenvalue weighted by molar-refractivity contribution is 9.10. The topological polar surface area (TPSA) is 86.6 Å². The predicted molar refractivity (Wildman–Crippen MR) is 111 cm³/mol. The first-order valence-corrected chi connectivity index (χ1v) is 9.54. The van der Waals surface area contributed by atoms with Crippen molar-refractivity contribution in [3.05, 3.63) is 75.6 Å². The van der Waals surface area contributed by atoms with Gasteiger partial charge in [0.15, 0.2) is 23.0 Å². The normalized spacial score (nSPS) is 10.7. The molecule has 0 saturated carbocycles. The lowest BCUT2D eigenvalue weighted by Crippen LogP contribution is -2.04. The summed E-state index contributed by atoms with van der Waals surface area (Å²) in [6, 6.07) is 14.2. The molecule has 0 saturated heterocycles. The van der Waals surface area contributed by atoms with Crippen LogP contribution in [0.2, 0.25) is 0 Å². The quantitative estimate of drug-likeness (QED) is 0.421. The molecular formula is C21H15BrFN5O. The Bertz CT molecular complexity index is 1250. The molecule has 0 unspecified atom stereocenters. The van der Waals surface area contributed by atoms with Gasteiger partial charge in [-0.1, -0.05) is 6.07 Å². The van der Waals surface area contributed by atoms with Gasteiger partial charge in [-0.2, -0.15) is 10.4 Å². The third kappa shape index (κ3) is 3.91. The molecule has 8 heteroatoms. The van der Waals surface area contributed by atoms with Crippen molar-refractivity contribution in [3.8, 4) is 17.6 Å². The van der Waals surface area contributed by atoms with E-state index in [2.05, 4.69) is 42.5 Å². The number of fused-ring (bicyclic) bond motifs is 1. The number of aromatic nitrogens is 3. The van der Waals surface area contributed by atoms with Gasteiger partial charge in [-0.25, -0.2) is 9.37 Å². The maximum atomic E-state index is 15.1. The number of hydrogen-bond donors (Lipinski definition) is 2. The minimum Gasteiger partial charge on any atom is -0.453 e. The Morgan fingerprint density at radius 3 is 2.97 bits per heavy atom. The standard InChI is InChI=1S/C21H15BrFN5O/c1-12-7-13(10-24)9-15(8-12)29-19-17(22)5-4-14(18(19)23)11-26-21-16-3-2-6-25-20(16)27-28-21/h2-9H,11H2,1H3,(H2,25,26,27,28). The number of H-pyrrole nitrogens is 1. The lowest BCUT2D eigenvalue weighted by Gasteiger charge is -2.13. The average molecular weight is 452 g/mol. The molecule has 0 aliphatic carbocycles. The first-order chi connectivity index (χ1) is 14.0. The molecule has 144 valence electrons. The van der Waals surface area contributed by atoms with Gasteiger partial charge >= 0.3 is 0 Å². The predicted octanol–water partition coefficient (Wildman–Crippen LogP) is 5.44. The second-order valence-corrected chi connectivity index (χ2v) is 7.28. The molecule has 4 rings (SSSR count). The highest BCUT2D eigenvalue weighted by atomic mass is 79.9. The molecule has 0 spiro atoms. The van der Waals surface area contributed by atoms with Crippen LogP contribution in [0.15, 0.2) is 53.1 Å². The first-order valence-electron chi connectivity index (χ1n) is 8.74. The largest absolute Gasteiger partial charge is 0.453 e. The van der Waals surface area contributed by atoms with Crippen molar-refractivity contribution in [2.75, 3.05) is 5.32 Å². The van der Waals surface area contributed by atoms with Crippen LogP contribution >= 0.6 is 15.9 Å². The molecule has 0 bridgehead atoms. The monoisotopic (exact) mass is 451 g/mol. The van der Waals surface area contributed by atoms with Crippen molar-refractivity contribution in [3.63, 3.8) is 0 Å². The smallest absolute Gasteiger partial charge is 0.177 e. The van der Waals surface area contributed by atoms with E-state index in [0.717, 1.165) is 10.9 Å². The number of benzene rings is 2. The number of halogens is 2. The number of nitrogens with one attached hydrogen (secondary N) is 2. The third-order valence-electron chi connectivity index (χ3n) is 4.31. The Morgan fingerprint density at radius 1 is 1.28 bits per heavy atom. The van der Waals surface area contributed by atoms with Crippen LogP contribution in [0.4, 0.5) is 10.2 Å². The molecule has 2 heterocycles. The van der Waals surface area contributed by atoms with E-state index in [9.17, 15) is 0 Å². The van der Waals surface area contributed by atoms with Gasteiger partial charge in [0.1, 0.15) is 5.75 Å². The summed E-state index contributed by atoms with van der Waals surface area (Å²) in [5, 5.41) is 20.1. The Labute approximate surface area is 174 Å². The van der Waals surface area contributed by atoms with E-state index in [1.807, 2.05) is 19.1 Å². The zero-order chi connectivity index (χ0) is 20.4. The minimum atomic E-state index is -0.496. The highest BCUT2D eigenvalue weighted by Crippen LogP contribution is 2.35. The summed E-state index contributed by atoms with van der Waals surface area (Å²) >= 11 is 3.34. The molecule has 0 aliphatic heterocycles. The Kier molecular flexibility index (Phi) is 5.14. The van der Waals surface area contributed by atoms with Crippen LogP contribution in [0.5, 0.6) is 11.5 Å². The zero-order valence-corrected chi connectivity index (χ0v) is 16.9. The average Bonchev–Trinajstić information content (AvgIpc) is 3.13. The van der Waals surface area contributed by atoms with Gasteiger partial charge in [0, 0.05) is 18.3 Å².